The summed E-state index contributed by atoms with van der Waals surface area (Å²) in [6.45, 7) is 4.95. The molecule has 2 aromatic rings. The number of ether oxygens (including phenoxy) is 2. The van der Waals surface area contributed by atoms with Gasteiger partial charge in [-0.05, 0) is 30.4 Å². The molecule has 1 N–H and O–H groups in total. The highest BCUT2D eigenvalue weighted by Gasteiger charge is 2.28. The highest BCUT2D eigenvalue weighted by Crippen LogP contribution is 2.42. The highest BCUT2D eigenvalue weighted by molar-refractivity contribution is 5.76. The summed E-state index contributed by atoms with van der Waals surface area (Å²) in [7, 11) is 3.31. The molecule has 1 aliphatic rings. The minimum absolute atomic E-state index is 0.0335. The van der Waals surface area contributed by atoms with Crippen LogP contribution in [0.15, 0.2) is 16.9 Å². The van der Waals surface area contributed by atoms with E-state index in [1.807, 2.05) is 16.7 Å². The monoisotopic (exact) mass is 302 g/mol. The second-order valence-corrected chi connectivity index (χ2v) is 5.77. The molecule has 0 saturated carbocycles. The Morgan fingerprint density at radius 1 is 1.32 bits per heavy atom. The molecule has 1 aromatic heterocycles. The number of methoxy groups -OCH3 is 2. The maximum Gasteiger partial charge on any atom is 0.326 e. The second kappa shape index (κ2) is 5.55. The van der Waals surface area contributed by atoms with Crippen molar-refractivity contribution in [3.63, 3.8) is 0 Å². The summed E-state index contributed by atoms with van der Waals surface area (Å²) >= 11 is 0. The summed E-state index contributed by atoms with van der Waals surface area (Å²) in [5, 5.41) is 0. The Kier molecular flexibility index (Phi) is 3.72. The minimum atomic E-state index is -0.0335. The van der Waals surface area contributed by atoms with E-state index in [1.54, 1.807) is 14.2 Å². The van der Waals surface area contributed by atoms with Gasteiger partial charge in [-0.2, -0.15) is 0 Å². The van der Waals surface area contributed by atoms with Gasteiger partial charge in [0.25, 0.3) is 0 Å². The average molecular weight is 302 g/mol. The van der Waals surface area contributed by atoms with Gasteiger partial charge in [-0.15, -0.1) is 0 Å². The van der Waals surface area contributed by atoms with Crippen LogP contribution < -0.4 is 15.2 Å². The predicted octanol–water partition coefficient (Wildman–Crippen LogP) is 2.93. The lowest BCUT2D eigenvalue weighted by Crippen LogP contribution is -2.22. The number of rotatable bonds is 4. The van der Waals surface area contributed by atoms with Crippen molar-refractivity contribution in [2.45, 2.75) is 39.2 Å². The van der Waals surface area contributed by atoms with Crippen molar-refractivity contribution in [3.8, 4) is 22.8 Å². The van der Waals surface area contributed by atoms with Gasteiger partial charge in [0, 0.05) is 23.9 Å². The van der Waals surface area contributed by atoms with E-state index >= 15 is 0 Å². The Balaban J connectivity index is 2.31. The van der Waals surface area contributed by atoms with Gasteiger partial charge in [0.05, 0.1) is 19.9 Å². The van der Waals surface area contributed by atoms with Gasteiger partial charge in [-0.25, -0.2) is 4.79 Å². The maximum absolute atomic E-state index is 12.3. The smallest absolute Gasteiger partial charge is 0.326 e. The van der Waals surface area contributed by atoms with E-state index in [9.17, 15) is 4.79 Å². The van der Waals surface area contributed by atoms with E-state index in [1.165, 1.54) is 5.56 Å². The number of aromatic amines is 1. The molecule has 2 heterocycles. The number of H-pyrrole nitrogens is 1. The third kappa shape index (κ3) is 2.12. The lowest BCUT2D eigenvalue weighted by molar-refractivity contribution is 0.393. The normalized spacial score (nSPS) is 14.2. The third-order valence-corrected chi connectivity index (χ3v) is 4.57. The van der Waals surface area contributed by atoms with Crippen LogP contribution in [0.3, 0.4) is 0 Å². The van der Waals surface area contributed by atoms with Crippen molar-refractivity contribution in [3.05, 3.63) is 33.9 Å². The number of imidazole rings is 1. The fourth-order valence-corrected chi connectivity index (χ4v) is 3.15. The molecule has 1 aliphatic heterocycles. The van der Waals surface area contributed by atoms with Crippen molar-refractivity contribution in [2.75, 3.05) is 14.2 Å². The summed E-state index contributed by atoms with van der Waals surface area (Å²) in [6, 6.07) is 3.92. The number of aryl methyl sites for hydroxylation is 1. The first-order chi connectivity index (χ1) is 10.6. The lowest BCUT2D eigenvalue weighted by atomic mass is 9.92. The summed E-state index contributed by atoms with van der Waals surface area (Å²) in [5.74, 6) is 1.83. The fourth-order valence-electron chi connectivity index (χ4n) is 3.15. The zero-order chi connectivity index (χ0) is 15.9. The van der Waals surface area contributed by atoms with Gasteiger partial charge in [0.15, 0.2) is 0 Å². The quantitative estimate of drug-likeness (QED) is 0.944. The summed E-state index contributed by atoms with van der Waals surface area (Å²) in [6.07, 6.45) is 1.77. The molecule has 1 unspecified atom stereocenters. The van der Waals surface area contributed by atoms with Crippen LogP contribution in [0.2, 0.25) is 0 Å². The summed E-state index contributed by atoms with van der Waals surface area (Å²) < 4.78 is 12.8. The number of aromatic nitrogens is 2. The third-order valence-electron chi connectivity index (χ3n) is 4.57. The first-order valence-corrected chi connectivity index (χ1v) is 7.68. The van der Waals surface area contributed by atoms with Gasteiger partial charge < -0.3 is 14.5 Å². The molecular weight excluding hydrogens is 280 g/mol. The molecule has 0 fully saturated rings. The first kappa shape index (κ1) is 14.8. The zero-order valence-electron chi connectivity index (χ0n) is 13.5. The summed E-state index contributed by atoms with van der Waals surface area (Å²) in [4.78, 5) is 15.3. The SMILES string of the molecule is CCC(C)c1[nH]c(=O)n2c1-c1c(cc(OC)cc1OC)CC2. The number of nitrogens with zero attached hydrogens (tertiary/aromatic N) is 1. The molecule has 5 heteroatoms. The van der Waals surface area contributed by atoms with E-state index < -0.39 is 0 Å². The molecule has 22 heavy (non-hydrogen) atoms. The molecule has 3 rings (SSSR count). The molecule has 0 saturated heterocycles. The average Bonchev–Trinajstić information content (AvgIpc) is 2.89. The molecule has 0 radical (unpaired) electrons. The maximum atomic E-state index is 12.3. The highest BCUT2D eigenvalue weighted by atomic mass is 16.5. The van der Waals surface area contributed by atoms with E-state index in [0.717, 1.165) is 41.3 Å². The van der Waals surface area contributed by atoms with E-state index in [4.69, 9.17) is 9.47 Å². The Morgan fingerprint density at radius 2 is 2.09 bits per heavy atom. The van der Waals surface area contributed by atoms with E-state index in [2.05, 4.69) is 18.8 Å². The van der Waals surface area contributed by atoms with Crippen LogP contribution in [-0.2, 0) is 13.0 Å². The van der Waals surface area contributed by atoms with Gasteiger partial charge in [-0.1, -0.05) is 13.8 Å². The van der Waals surface area contributed by atoms with E-state index in [-0.39, 0.29) is 5.69 Å². The van der Waals surface area contributed by atoms with Crippen LogP contribution >= 0.6 is 0 Å². The van der Waals surface area contributed by atoms with Crippen LogP contribution in [0, 0.1) is 0 Å². The van der Waals surface area contributed by atoms with Gasteiger partial charge in [0.2, 0.25) is 0 Å². The van der Waals surface area contributed by atoms with Crippen LogP contribution in [0.25, 0.3) is 11.3 Å². The first-order valence-electron chi connectivity index (χ1n) is 7.68. The Morgan fingerprint density at radius 3 is 2.73 bits per heavy atom. The number of fused-ring (bicyclic) bond motifs is 3. The Labute approximate surface area is 129 Å². The van der Waals surface area contributed by atoms with Gasteiger partial charge in [0.1, 0.15) is 11.5 Å². The van der Waals surface area contributed by atoms with Crippen molar-refractivity contribution < 1.29 is 9.47 Å². The largest absolute Gasteiger partial charge is 0.497 e. The minimum Gasteiger partial charge on any atom is -0.497 e. The molecule has 0 bridgehead atoms. The van der Waals surface area contributed by atoms with Crippen LogP contribution in [0.5, 0.6) is 11.5 Å². The number of benzene rings is 1. The van der Waals surface area contributed by atoms with Crippen molar-refractivity contribution in [1.82, 2.24) is 9.55 Å². The Bertz CT molecular complexity index is 741. The Hall–Kier alpha value is -2.17. The van der Waals surface area contributed by atoms with Crippen LogP contribution in [-0.4, -0.2) is 23.8 Å². The fraction of sp³-hybridized carbons (Fsp3) is 0.471. The predicted molar refractivity (Wildman–Crippen MR) is 86.0 cm³/mol. The molecular formula is C17H22N2O3. The lowest BCUT2D eigenvalue weighted by Gasteiger charge is -2.23. The topological polar surface area (TPSA) is 56.2 Å². The number of nitrogens with one attached hydrogen (secondary N) is 1. The van der Waals surface area contributed by atoms with Gasteiger partial charge in [-0.3, -0.25) is 4.57 Å². The molecule has 118 valence electrons. The zero-order valence-corrected chi connectivity index (χ0v) is 13.5. The summed E-state index contributed by atoms with van der Waals surface area (Å²) in [5.41, 5.74) is 4.12. The molecule has 1 aromatic carbocycles. The second-order valence-electron chi connectivity index (χ2n) is 5.77. The van der Waals surface area contributed by atoms with Crippen molar-refractivity contribution in [1.29, 1.82) is 0 Å². The van der Waals surface area contributed by atoms with Crippen molar-refractivity contribution in [2.24, 2.45) is 0 Å². The van der Waals surface area contributed by atoms with Crippen LogP contribution in [0.1, 0.15) is 37.4 Å². The molecule has 0 aliphatic carbocycles. The molecule has 0 spiro atoms. The van der Waals surface area contributed by atoms with E-state index in [0.29, 0.717) is 12.5 Å². The van der Waals surface area contributed by atoms with Crippen LogP contribution in [0.4, 0.5) is 0 Å². The number of hydrogen-bond acceptors (Lipinski definition) is 3. The molecule has 1 atom stereocenters. The molecule has 0 amide bonds. The van der Waals surface area contributed by atoms with Gasteiger partial charge >= 0.3 is 5.69 Å². The van der Waals surface area contributed by atoms with Crippen molar-refractivity contribution >= 4 is 0 Å². The standard InChI is InChI=1S/C17H22N2O3/c1-5-10(2)15-16-14-11(6-7-19(16)17(20)18-15)8-12(21-3)9-13(14)22-4/h8-10H,5-7H2,1-4H3,(H,18,20). The molecule has 5 nitrogen and oxygen atoms in total. The number of hydrogen-bond donors (Lipinski definition) is 1.